The first-order valence-electron chi connectivity index (χ1n) is 5.51. The molecule has 0 saturated carbocycles. The normalized spacial score (nSPS) is 28.7. The Kier molecular flexibility index (Phi) is 3.88. The molecule has 0 N–H and O–H groups in total. The summed E-state index contributed by atoms with van der Waals surface area (Å²) in [5.74, 6) is 0.253. The molecule has 2 rings (SSSR count). The van der Waals surface area contributed by atoms with Gasteiger partial charge in [0.25, 0.3) is 0 Å². The van der Waals surface area contributed by atoms with Gasteiger partial charge in [-0.05, 0) is 0 Å². The zero-order valence-corrected chi connectivity index (χ0v) is 9.79. The maximum Gasteiger partial charge on any atom is 0.223 e. The SMILES string of the molecule is O=C1CC(S)CN1CCN1CCOCC1. The first-order chi connectivity index (χ1) is 7.25. The van der Waals surface area contributed by atoms with Crippen LogP contribution in [0.5, 0.6) is 0 Å². The second-order valence-electron chi connectivity index (χ2n) is 4.15. The van der Waals surface area contributed by atoms with E-state index in [9.17, 15) is 4.79 Å². The van der Waals surface area contributed by atoms with Crippen LogP contribution in [0.25, 0.3) is 0 Å². The van der Waals surface area contributed by atoms with E-state index in [0.717, 1.165) is 45.9 Å². The molecule has 2 aliphatic heterocycles. The monoisotopic (exact) mass is 230 g/mol. The van der Waals surface area contributed by atoms with Gasteiger partial charge >= 0.3 is 0 Å². The lowest BCUT2D eigenvalue weighted by atomic mass is 10.4. The third kappa shape index (κ3) is 3.09. The van der Waals surface area contributed by atoms with E-state index in [1.54, 1.807) is 0 Å². The van der Waals surface area contributed by atoms with Crippen molar-refractivity contribution in [2.45, 2.75) is 11.7 Å². The molecule has 15 heavy (non-hydrogen) atoms. The Morgan fingerprint density at radius 2 is 2.07 bits per heavy atom. The van der Waals surface area contributed by atoms with Crippen molar-refractivity contribution in [3.8, 4) is 0 Å². The number of nitrogens with zero attached hydrogens (tertiary/aromatic N) is 2. The van der Waals surface area contributed by atoms with E-state index in [-0.39, 0.29) is 11.2 Å². The molecule has 2 fully saturated rings. The van der Waals surface area contributed by atoms with Crippen molar-refractivity contribution in [2.24, 2.45) is 0 Å². The topological polar surface area (TPSA) is 32.8 Å². The van der Waals surface area contributed by atoms with Crippen LogP contribution in [0.2, 0.25) is 0 Å². The number of amides is 1. The van der Waals surface area contributed by atoms with Gasteiger partial charge in [0, 0.05) is 44.4 Å². The third-order valence-electron chi connectivity index (χ3n) is 2.98. The fraction of sp³-hybridized carbons (Fsp3) is 0.900. The number of carbonyl (C=O) groups excluding carboxylic acids is 1. The van der Waals surface area contributed by atoms with Crippen molar-refractivity contribution in [1.82, 2.24) is 9.80 Å². The van der Waals surface area contributed by atoms with Gasteiger partial charge in [-0.1, -0.05) is 0 Å². The molecule has 1 unspecified atom stereocenters. The third-order valence-corrected chi connectivity index (χ3v) is 3.33. The first-order valence-corrected chi connectivity index (χ1v) is 6.03. The average molecular weight is 230 g/mol. The standard InChI is InChI=1S/C10H18N2O2S/c13-10-7-9(15)8-12(10)2-1-11-3-5-14-6-4-11/h9,15H,1-8H2. The van der Waals surface area contributed by atoms with Gasteiger partial charge in [0.15, 0.2) is 0 Å². The molecule has 86 valence electrons. The first kappa shape index (κ1) is 11.2. The Balaban J connectivity index is 1.70. The molecule has 2 aliphatic rings. The van der Waals surface area contributed by atoms with Gasteiger partial charge in [0.1, 0.15) is 0 Å². The van der Waals surface area contributed by atoms with E-state index in [1.807, 2.05) is 4.90 Å². The number of ether oxygens (including phenoxy) is 1. The van der Waals surface area contributed by atoms with Gasteiger partial charge in [-0.25, -0.2) is 0 Å². The zero-order valence-electron chi connectivity index (χ0n) is 8.89. The van der Waals surface area contributed by atoms with Crippen LogP contribution in [0.4, 0.5) is 0 Å². The van der Waals surface area contributed by atoms with Gasteiger partial charge < -0.3 is 9.64 Å². The van der Waals surface area contributed by atoms with Crippen molar-refractivity contribution in [1.29, 1.82) is 0 Å². The second-order valence-corrected chi connectivity index (χ2v) is 4.88. The van der Waals surface area contributed by atoms with E-state index in [1.165, 1.54) is 0 Å². The average Bonchev–Trinajstić information content (AvgIpc) is 2.56. The van der Waals surface area contributed by atoms with Crippen molar-refractivity contribution >= 4 is 18.5 Å². The minimum absolute atomic E-state index is 0.238. The summed E-state index contributed by atoms with van der Waals surface area (Å²) in [6.07, 6.45) is 0.603. The van der Waals surface area contributed by atoms with E-state index in [0.29, 0.717) is 6.42 Å². The van der Waals surface area contributed by atoms with Crippen LogP contribution < -0.4 is 0 Å². The molecule has 0 aliphatic carbocycles. The van der Waals surface area contributed by atoms with Gasteiger partial charge in [-0.2, -0.15) is 12.6 Å². The van der Waals surface area contributed by atoms with Crippen LogP contribution >= 0.6 is 12.6 Å². The lowest BCUT2D eigenvalue weighted by Gasteiger charge is -2.28. The fourth-order valence-corrected chi connectivity index (χ4v) is 2.41. The van der Waals surface area contributed by atoms with Crippen molar-refractivity contribution in [3.05, 3.63) is 0 Å². The Labute approximate surface area is 96.0 Å². The van der Waals surface area contributed by atoms with Gasteiger partial charge in [-0.15, -0.1) is 0 Å². The molecule has 0 aromatic rings. The van der Waals surface area contributed by atoms with Crippen LogP contribution in [-0.2, 0) is 9.53 Å². The minimum Gasteiger partial charge on any atom is -0.379 e. The maximum absolute atomic E-state index is 11.5. The second kappa shape index (κ2) is 5.18. The highest BCUT2D eigenvalue weighted by Crippen LogP contribution is 2.15. The van der Waals surface area contributed by atoms with E-state index in [4.69, 9.17) is 4.74 Å². The van der Waals surface area contributed by atoms with Gasteiger partial charge in [-0.3, -0.25) is 9.69 Å². The van der Waals surface area contributed by atoms with Crippen LogP contribution in [0.15, 0.2) is 0 Å². The predicted molar refractivity (Wildman–Crippen MR) is 61.2 cm³/mol. The highest BCUT2D eigenvalue weighted by molar-refractivity contribution is 7.81. The van der Waals surface area contributed by atoms with Crippen LogP contribution in [0.1, 0.15) is 6.42 Å². The summed E-state index contributed by atoms with van der Waals surface area (Å²) < 4.78 is 5.28. The van der Waals surface area contributed by atoms with Crippen LogP contribution in [0.3, 0.4) is 0 Å². The molecule has 0 spiro atoms. The van der Waals surface area contributed by atoms with Crippen molar-refractivity contribution in [3.63, 3.8) is 0 Å². The van der Waals surface area contributed by atoms with E-state index < -0.39 is 0 Å². The lowest BCUT2D eigenvalue weighted by molar-refractivity contribution is -0.127. The largest absolute Gasteiger partial charge is 0.379 e. The number of rotatable bonds is 3. The lowest BCUT2D eigenvalue weighted by Crippen LogP contribution is -2.41. The van der Waals surface area contributed by atoms with Gasteiger partial charge in [0.2, 0.25) is 5.91 Å². The smallest absolute Gasteiger partial charge is 0.223 e. The number of carbonyl (C=O) groups is 1. The minimum atomic E-state index is 0.238. The summed E-state index contributed by atoms with van der Waals surface area (Å²) in [6, 6.07) is 0. The Hall–Kier alpha value is -0.260. The van der Waals surface area contributed by atoms with Crippen LogP contribution in [0, 0.1) is 0 Å². The molecule has 2 heterocycles. The molecule has 1 atom stereocenters. The molecule has 0 radical (unpaired) electrons. The number of likely N-dealkylation sites (tertiary alicyclic amines) is 1. The van der Waals surface area contributed by atoms with E-state index >= 15 is 0 Å². The molecule has 1 amide bonds. The van der Waals surface area contributed by atoms with Gasteiger partial charge in [0.05, 0.1) is 13.2 Å². The van der Waals surface area contributed by atoms with Crippen molar-refractivity contribution in [2.75, 3.05) is 45.9 Å². The summed E-state index contributed by atoms with van der Waals surface area (Å²) in [5.41, 5.74) is 0. The summed E-state index contributed by atoms with van der Waals surface area (Å²) in [4.78, 5) is 15.8. The predicted octanol–water partition coefficient (Wildman–Crippen LogP) is -0.151. The molecule has 2 saturated heterocycles. The molecular weight excluding hydrogens is 212 g/mol. The fourth-order valence-electron chi connectivity index (χ4n) is 2.05. The number of hydrogen-bond acceptors (Lipinski definition) is 4. The molecule has 4 nitrogen and oxygen atoms in total. The summed E-state index contributed by atoms with van der Waals surface area (Å²) in [5, 5.41) is 0.238. The molecule has 5 heteroatoms. The maximum atomic E-state index is 11.5. The zero-order chi connectivity index (χ0) is 10.7. The summed E-state index contributed by atoms with van der Waals surface area (Å²) >= 11 is 4.33. The quantitative estimate of drug-likeness (QED) is 0.685. The van der Waals surface area contributed by atoms with Crippen LogP contribution in [-0.4, -0.2) is 66.9 Å². The Morgan fingerprint density at radius 3 is 2.67 bits per heavy atom. The molecule has 0 aromatic heterocycles. The number of hydrogen-bond donors (Lipinski definition) is 1. The molecular formula is C10H18N2O2S. The van der Waals surface area contributed by atoms with E-state index in [2.05, 4.69) is 17.5 Å². The molecule has 0 aromatic carbocycles. The highest BCUT2D eigenvalue weighted by atomic mass is 32.1. The highest BCUT2D eigenvalue weighted by Gasteiger charge is 2.27. The van der Waals surface area contributed by atoms with Crippen molar-refractivity contribution < 1.29 is 9.53 Å². The molecule has 0 bridgehead atoms. The number of thiol groups is 1. The Morgan fingerprint density at radius 1 is 1.33 bits per heavy atom. The Bertz CT molecular complexity index is 231. The summed E-state index contributed by atoms with van der Waals surface area (Å²) in [6.45, 7) is 6.25. The number of morpholine rings is 1. The summed E-state index contributed by atoms with van der Waals surface area (Å²) in [7, 11) is 0.